The molecule has 30 heavy (non-hydrogen) atoms. The van der Waals surface area contributed by atoms with Crippen molar-refractivity contribution in [2.45, 2.75) is 25.9 Å². The van der Waals surface area contributed by atoms with Crippen molar-refractivity contribution in [3.8, 4) is 17.6 Å². The van der Waals surface area contributed by atoms with Crippen LogP contribution in [-0.4, -0.2) is 53.7 Å². The second kappa shape index (κ2) is 8.98. The second-order valence-electron chi connectivity index (χ2n) is 7.08. The SMILES string of the molecule is CCOc1ccc2ccccc2c1C(=O)N1CCC(Oc2ccnc(OC)n2)CC1. The topological polar surface area (TPSA) is 73.8 Å². The van der Waals surface area contributed by atoms with Gasteiger partial charge < -0.3 is 19.1 Å². The van der Waals surface area contributed by atoms with E-state index in [2.05, 4.69) is 9.97 Å². The molecule has 0 radical (unpaired) electrons. The Bertz CT molecular complexity index is 1030. The highest BCUT2D eigenvalue weighted by molar-refractivity contribution is 6.09. The molecule has 3 aromatic rings. The number of carbonyl (C=O) groups excluding carboxylic acids is 1. The van der Waals surface area contributed by atoms with E-state index in [4.69, 9.17) is 14.2 Å². The van der Waals surface area contributed by atoms with Crippen molar-refractivity contribution < 1.29 is 19.0 Å². The van der Waals surface area contributed by atoms with Gasteiger partial charge in [0.25, 0.3) is 5.91 Å². The van der Waals surface area contributed by atoms with E-state index in [9.17, 15) is 4.79 Å². The van der Waals surface area contributed by atoms with Crippen LogP contribution in [0, 0.1) is 0 Å². The van der Waals surface area contributed by atoms with Gasteiger partial charge in [-0.15, -0.1) is 0 Å². The summed E-state index contributed by atoms with van der Waals surface area (Å²) >= 11 is 0. The first-order valence-corrected chi connectivity index (χ1v) is 10.2. The summed E-state index contributed by atoms with van der Waals surface area (Å²) in [5.41, 5.74) is 0.634. The third-order valence-electron chi connectivity index (χ3n) is 5.21. The lowest BCUT2D eigenvalue weighted by Crippen LogP contribution is -2.42. The van der Waals surface area contributed by atoms with Crippen molar-refractivity contribution in [3.05, 3.63) is 54.2 Å². The summed E-state index contributed by atoms with van der Waals surface area (Å²) in [5, 5.41) is 1.94. The molecule has 0 saturated carbocycles. The van der Waals surface area contributed by atoms with Crippen LogP contribution >= 0.6 is 0 Å². The monoisotopic (exact) mass is 407 g/mol. The van der Waals surface area contributed by atoms with Gasteiger partial charge in [-0.05, 0) is 23.8 Å². The van der Waals surface area contributed by atoms with Crippen molar-refractivity contribution >= 4 is 16.7 Å². The van der Waals surface area contributed by atoms with Crippen molar-refractivity contribution in [2.75, 3.05) is 26.8 Å². The van der Waals surface area contributed by atoms with Crippen molar-refractivity contribution in [3.63, 3.8) is 0 Å². The minimum atomic E-state index is -0.00691. The summed E-state index contributed by atoms with van der Waals surface area (Å²) in [4.78, 5) is 23.5. The average molecular weight is 407 g/mol. The number of hydrogen-bond acceptors (Lipinski definition) is 6. The van der Waals surface area contributed by atoms with Gasteiger partial charge in [0.1, 0.15) is 11.9 Å². The fraction of sp³-hybridized carbons (Fsp3) is 0.348. The zero-order chi connectivity index (χ0) is 20.9. The van der Waals surface area contributed by atoms with E-state index in [0.717, 1.165) is 23.6 Å². The minimum Gasteiger partial charge on any atom is -0.493 e. The largest absolute Gasteiger partial charge is 0.493 e. The molecule has 0 aliphatic carbocycles. The molecular weight excluding hydrogens is 382 g/mol. The van der Waals surface area contributed by atoms with Crippen LogP contribution in [0.2, 0.25) is 0 Å². The van der Waals surface area contributed by atoms with Crippen LogP contribution < -0.4 is 14.2 Å². The Morgan fingerprint density at radius 1 is 1.13 bits per heavy atom. The molecule has 1 aromatic heterocycles. The van der Waals surface area contributed by atoms with Gasteiger partial charge in [-0.2, -0.15) is 4.98 Å². The highest BCUT2D eigenvalue weighted by Crippen LogP contribution is 2.30. The Morgan fingerprint density at radius 2 is 1.93 bits per heavy atom. The predicted octanol–water partition coefficient (Wildman–Crippen LogP) is 3.72. The molecule has 4 rings (SSSR count). The van der Waals surface area contributed by atoms with E-state index in [1.54, 1.807) is 12.3 Å². The Morgan fingerprint density at radius 3 is 2.70 bits per heavy atom. The Labute approximate surface area is 175 Å². The smallest absolute Gasteiger partial charge is 0.319 e. The van der Waals surface area contributed by atoms with Gasteiger partial charge in [-0.25, -0.2) is 4.98 Å². The lowest BCUT2D eigenvalue weighted by atomic mass is 10.0. The summed E-state index contributed by atoms with van der Waals surface area (Å²) in [5.74, 6) is 1.12. The third-order valence-corrected chi connectivity index (χ3v) is 5.21. The van der Waals surface area contributed by atoms with Crippen LogP contribution in [0.4, 0.5) is 0 Å². The molecule has 7 nitrogen and oxygen atoms in total. The maximum Gasteiger partial charge on any atom is 0.319 e. The number of carbonyl (C=O) groups is 1. The summed E-state index contributed by atoms with van der Waals surface area (Å²) in [6.45, 7) is 3.66. The normalized spacial score (nSPS) is 14.5. The van der Waals surface area contributed by atoms with Gasteiger partial charge in [0.05, 0.1) is 19.3 Å². The quantitative estimate of drug-likeness (QED) is 0.620. The number of methoxy groups -OCH3 is 1. The molecule has 0 spiro atoms. The standard InChI is InChI=1S/C23H25N3O4/c1-3-29-19-9-8-16-6-4-5-7-18(16)21(19)22(27)26-14-11-17(12-15-26)30-20-10-13-24-23(25-20)28-2/h4-10,13,17H,3,11-12,14-15H2,1-2H3. The Hall–Kier alpha value is -3.35. The molecule has 0 atom stereocenters. The predicted molar refractivity (Wildman–Crippen MR) is 113 cm³/mol. The van der Waals surface area contributed by atoms with E-state index in [-0.39, 0.29) is 18.0 Å². The minimum absolute atomic E-state index is 0.00240. The van der Waals surface area contributed by atoms with Gasteiger partial charge >= 0.3 is 6.01 Å². The molecule has 0 bridgehead atoms. The van der Waals surface area contributed by atoms with Crippen LogP contribution in [0.1, 0.15) is 30.1 Å². The molecule has 2 heterocycles. The fourth-order valence-corrected chi connectivity index (χ4v) is 3.74. The first-order chi connectivity index (χ1) is 14.7. The van der Waals surface area contributed by atoms with Crippen molar-refractivity contribution in [2.24, 2.45) is 0 Å². The second-order valence-corrected chi connectivity index (χ2v) is 7.08. The van der Waals surface area contributed by atoms with E-state index in [1.165, 1.54) is 7.11 Å². The first kappa shape index (κ1) is 19.9. The number of hydrogen-bond donors (Lipinski definition) is 0. The van der Waals surface area contributed by atoms with E-state index in [1.807, 2.05) is 48.2 Å². The van der Waals surface area contributed by atoms with Crippen LogP contribution in [0.5, 0.6) is 17.6 Å². The number of benzene rings is 2. The van der Waals surface area contributed by atoms with Crippen LogP contribution in [0.3, 0.4) is 0 Å². The highest BCUT2D eigenvalue weighted by Gasteiger charge is 2.28. The molecule has 7 heteroatoms. The van der Waals surface area contributed by atoms with E-state index < -0.39 is 0 Å². The average Bonchev–Trinajstić information content (AvgIpc) is 2.79. The van der Waals surface area contributed by atoms with Crippen molar-refractivity contribution in [1.82, 2.24) is 14.9 Å². The number of fused-ring (bicyclic) bond motifs is 1. The van der Waals surface area contributed by atoms with Gasteiger partial charge in [0, 0.05) is 38.2 Å². The Kier molecular flexibility index (Phi) is 5.97. The first-order valence-electron chi connectivity index (χ1n) is 10.2. The molecule has 1 amide bonds. The lowest BCUT2D eigenvalue weighted by molar-refractivity contribution is 0.0585. The van der Waals surface area contributed by atoms with Gasteiger partial charge in [-0.3, -0.25) is 4.79 Å². The zero-order valence-corrected chi connectivity index (χ0v) is 17.2. The molecule has 1 fully saturated rings. The third kappa shape index (κ3) is 4.15. The number of rotatable bonds is 6. The fourth-order valence-electron chi connectivity index (χ4n) is 3.74. The molecule has 0 unspecified atom stereocenters. The summed E-state index contributed by atoms with van der Waals surface area (Å²) in [6, 6.07) is 13.8. The highest BCUT2D eigenvalue weighted by atomic mass is 16.5. The molecule has 0 N–H and O–H groups in total. The molecular formula is C23H25N3O4. The molecule has 1 saturated heterocycles. The van der Waals surface area contributed by atoms with Gasteiger partial charge in [0.15, 0.2) is 0 Å². The van der Waals surface area contributed by atoms with Crippen molar-refractivity contribution in [1.29, 1.82) is 0 Å². The molecule has 1 aliphatic heterocycles. The van der Waals surface area contributed by atoms with E-state index >= 15 is 0 Å². The van der Waals surface area contributed by atoms with Gasteiger partial charge in [-0.1, -0.05) is 30.3 Å². The number of likely N-dealkylation sites (tertiary alicyclic amines) is 1. The number of ether oxygens (including phenoxy) is 3. The molecule has 2 aromatic carbocycles. The number of nitrogens with zero attached hydrogens (tertiary/aromatic N) is 3. The van der Waals surface area contributed by atoms with Gasteiger partial charge in [0.2, 0.25) is 5.88 Å². The van der Waals surface area contributed by atoms with Crippen LogP contribution in [0.15, 0.2) is 48.7 Å². The lowest BCUT2D eigenvalue weighted by Gasteiger charge is -2.32. The van der Waals surface area contributed by atoms with Crippen LogP contribution in [-0.2, 0) is 0 Å². The summed E-state index contributed by atoms with van der Waals surface area (Å²) < 4.78 is 16.8. The summed E-state index contributed by atoms with van der Waals surface area (Å²) in [6.07, 6.45) is 3.06. The number of aromatic nitrogens is 2. The van der Waals surface area contributed by atoms with E-state index in [0.29, 0.717) is 36.9 Å². The molecule has 1 aliphatic rings. The summed E-state index contributed by atoms with van der Waals surface area (Å²) in [7, 11) is 1.52. The zero-order valence-electron chi connectivity index (χ0n) is 17.2. The maximum atomic E-state index is 13.4. The van der Waals surface area contributed by atoms with Crippen LogP contribution in [0.25, 0.3) is 10.8 Å². The number of amides is 1. The Balaban J connectivity index is 1.48. The maximum absolute atomic E-state index is 13.4. The number of piperidine rings is 1. The molecule has 156 valence electrons.